The third-order valence-corrected chi connectivity index (χ3v) is 7.37. The van der Waals surface area contributed by atoms with Gasteiger partial charge < -0.3 is 9.64 Å². The minimum Gasteiger partial charge on any atom is -0.476 e. The maximum absolute atomic E-state index is 13.3. The highest BCUT2D eigenvalue weighted by atomic mass is 32.2. The summed E-state index contributed by atoms with van der Waals surface area (Å²) in [6.45, 7) is 10.0. The monoisotopic (exact) mass is 551 g/mol. The Hall–Kier alpha value is -3.22. The Labute approximate surface area is 223 Å². The van der Waals surface area contributed by atoms with E-state index in [-0.39, 0.29) is 30.2 Å². The maximum Gasteiger partial charge on any atom is 0.397 e. The molecule has 0 spiro atoms. The number of nitrogens with one attached hydrogen (secondary N) is 1. The van der Waals surface area contributed by atoms with Crippen molar-refractivity contribution in [1.82, 2.24) is 29.3 Å². The van der Waals surface area contributed by atoms with Crippen molar-refractivity contribution in [2.24, 2.45) is 12.5 Å². The zero-order valence-electron chi connectivity index (χ0n) is 22.3. The fraction of sp³-hybridized carbons (Fsp3) is 0.520. The van der Waals surface area contributed by atoms with Crippen LogP contribution in [0.15, 0.2) is 35.5 Å². The van der Waals surface area contributed by atoms with E-state index in [0.29, 0.717) is 23.7 Å². The van der Waals surface area contributed by atoms with Crippen LogP contribution in [-0.2, 0) is 7.05 Å². The van der Waals surface area contributed by atoms with Gasteiger partial charge in [-0.25, -0.2) is 9.67 Å². The number of hydrogen-bond donors (Lipinski definition) is 1. The topological polar surface area (TPSA) is 90.1 Å². The van der Waals surface area contributed by atoms with Crippen LogP contribution in [0.1, 0.15) is 56.6 Å². The van der Waals surface area contributed by atoms with Crippen LogP contribution in [0.2, 0.25) is 0 Å². The molecule has 3 aromatic rings. The van der Waals surface area contributed by atoms with Crippen molar-refractivity contribution >= 4 is 23.7 Å². The van der Waals surface area contributed by atoms with Crippen molar-refractivity contribution < 1.29 is 22.7 Å². The quantitative estimate of drug-likeness (QED) is 0.371. The van der Waals surface area contributed by atoms with Crippen molar-refractivity contribution in [3.05, 3.63) is 41.9 Å². The van der Waals surface area contributed by atoms with Gasteiger partial charge in [0.15, 0.2) is 5.82 Å². The van der Waals surface area contributed by atoms with Crippen LogP contribution in [0.5, 0.6) is 5.88 Å². The zero-order valence-corrected chi connectivity index (χ0v) is 23.1. The van der Waals surface area contributed by atoms with Crippen LogP contribution >= 0.6 is 11.9 Å². The number of hydrogen-bond acceptors (Lipinski definition) is 7. The molecule has 206 valence electrons. The maximum atomic E-state index is 13.3. The summed E-state index contributed by atoms with van der Waals surface area (Å²) in [4.78, 5) is 20.9. The molecule has 1 fully saturated rings. The zero-order chi connectivity index (χ0) is 27.9. The Morgan fingerprint density at radius 1 is 1.21 bits per heavy atom. The predicted molar refractivity (Wildman–Crippen MR) is 139 cm³/mol. The van der Waals surface area contributed by atoms with Gasteiger partial charge in [-0.15, -0.1) is 5.10 Å². The lowest BCUT2D eigenvalue weighted by Crippen LogP contribution is -2.43. The van der Waals surface area contributed by atoms with Gasteiger partial charge in [-0.1, -0.05) is 0 Å². The number of aryl methyl sites for hydroxylation is 2. The first-order chi connectivity index (χ1) is 17.7. The van der Waals surface area contributed by atoms with Gasteiger partial charge in [0.25, 0.3) is 5.91 Å². The second-order valence-electron chi connectivity index (χ2n) is 10.4. The number of ether oxygens (including phenoxy) is 1. The molecular weight excluding hydrogens is 519 g/mol. The van der Waals surface area contributed by atoms with Gasteiger partial charge in [-0.2, -0.15) is 18.3 Å². The molecule has 1 saturated carbocycles. The molecule has 1 aliphatic rings. The van der Waals surface area contributed by atoms with Crippen LogP contribution < -0.4 is 14.4 Å². The lowest BCUT2D eigenvalue weighted by molar-refractivity contribution is -0.194. The molecule has 38 heavy (non-hydrogen) atoms. The van der Waals surface area contributed by atoms with E-state index in [1.165, 1.54) is 22.7 Å². The van der Waals surface area contributed by atoms with Crippen LogP contribution in [0.4, 0.5) is 19.0 Å². The van der Waals surface area contributed by atoms with Crippen LogP contribution in [0.25, 0.3) is 5.82 Å². The third-order valence-electron chi connectivity index (χ3n) is 6.46. The highest BCUT2D eigenvalue weighted by Crippen LogP contribution is 2.57. The minimum atomic E-state index is -4.30. The van der Waals surface area contributed by atoms with E-state index in [2.05, 4.69) is 14.9 Å². The number of rotatable bonds is 9. The highest BCUT2D eigenvalue weighted by Gasteiger charge is 2.64. The number of halogens is 3. The summed E-state index contributed by atoms with van der Waals surface area (Å²) < 4.78 is 51.1. The van der Waals surface area contributed by atoms with Crippen LogP contribution in [0, 0.1) is 12.3 Å². The van der Waals surface area contributed by atoms with E-state index in [0.717, 1.165) is 10.6 Å². The van der Waals surface area contributed by atoms with Gasteiger partial charge in [0.2, 0.25) is 5.88 Å². The minimum absolute atomic E-state index is 0.0595. The number of carbonyl (C=O) groups excluding carboxylic acids is 1. The molecule has 9 nitrogen and oxygen atoms in total. The predicted octanol–water partition coefficient (Wildman–Crippen LogP) is 5.09. The number of pyridine rings is 1. The normalized spacial score (nSPS) is 14.9. The van der Waals surface area contributed by atoms with Gasteiger partial charge in [0.1, 0.15) is 17.8 Å². The summed E-state index contributed by atoms with van der Waals surface area (Å²) >= 11 is 1.18. The SMILES string of the molecule is CCN(c1nc(-n2ccc(OCC3(C(F)(F)F)CC3)n2)ccc1C(=O)NSc1cn(C)nc1C)C(C)(C)C. The first kappa shape index (κ1) is 27.8. The first-order valence-corrected chi connectivity index (χ1v) is 13.1. The van der Waals surface area contributed by atoms with Gasteiger partial charge in [-0.3, -0.25) is 14.2 Å². The van der Waals surface area contributed by atoms with Crippen molar-refractivity contribution in [2.75, 3.05) is 18.1 Å². The van der Waals surface area contributed by atoms with E-state index >= 15 is 0 Å². The van der Waals surface area contributed by atoms with Crippen LogP contribution in [0.3, 0.4) is 0 Å². The smallest absolute Gasteiger partial charge is 0.397 e. The molecule has 0 radical (unpaired) electrons. The van der Waals surface area contributed by atoms with Crippen molar-refractivity contribution in [1.29, 1.82) is 0 Å². The van der Waals surface area contributed by atoms with E-state index in [9.17, 15) is 18.0 Å². The number of alkyl halides is 3. The summed E-state index contributed by atoms with van der Waals surface area (Å²) in [5, 5.41) is 8.57. The van der Waals surface area contributed by atoms with Gasteiger partial charge in [0, 0.05) is 37.6 Å². The Bertz CT molecular complexity index is 1310. The standard InChI is InChI=1S/C25H32F3N7O2S/c1-7-34(23(3,4)5)21-17(22(36)32-38-18-14-33(6)30-16(18)2)8-9-19(29-21)35-13-10-20(31-35)37-15-24(11-12-24)25(26,27)28/h8-10,13-14H,7,11-12,15H2,1-6H3,(H,32,36). The number of aromatic nitrogens is 5. The molecule has 4 rings (SSSR count). The Balaban J connectivity index is 1.58. The molecule has 0 saturated heterocycles. The molecule has 0 unspecified atom stereocenters. The van der Waals surface area contributed by atoms with Gasteiger partial charge >= 0.3 is 6.18 Å². The molecule has 0 atom stereocenters. The van der Waals surface area contributed by atoms with Gasteiger partial charge in [-0.05, 0) is 71.5 Å². The first-order valence-electron chi connectivity index (χ1n) is 12.3. The van der Waals surface area contributed by atoms with E-state index in [1.807, 2.05) is 52.8 Å². The number of carbonyl (C=O) groups is 1. The fourth-order valence-electron chi connectivity index (χ4n) is 4.11. The summed E-state index contributed by atoms with van der Waals surface area (Å²) in [7, 11) is 1.81. The summed E-state index contributed by atoms with van der Waals surface area (Å²) in [6, 6.07) is 4.82. The average molecular weight is 552 g/mol. The molecular formula is C25H32F3N7O2S. The molecule has 3 heterocycles. The number of nitrogens with zero attached hydrogens (tertiary/aromatic N) is 6. The average Bonchev–Trinajstić information content (AvgIpc) is 3.37. The Morgan fingerprint density at radius 2 is 1.92 bits per heavy atom. The summed E-state index contributed by atoms with van der Waals surface area (Å²) in [6.07, 6.45) is -0.781. The van der Waals surface area contributed by atoms with Crippen LogP contribution in [-0.4, -0.2) is 55.3 Å². The molecule has 1 aliphatic carbocycles. The van der Waals surface area contributed by atoms with Crippen molar-refractivity contribution in [3.8, 4) is 11.7 Å². The van der Waals surface area contributed by atoms with E-state index < -0.39 is 18.2 Å². The highest BCUT2D eigenvalue weighted by molar-refractivity contribution is 7.98. The second kappa shape index (κ2) is 10.2. The summed E-state index contributed by atoms with van der Waals surface area (Å²) in [5.41, 5.74) is -0.949. The summed E-state index contributed by atoms with van der Waals surface area (Å²) in [5.74, 6) is 0.630. The fourth-order valence-corrected chi connectivity index (χ4v) is 4.82. The molecule has 0 aromatic carbocycles. The molecule has 3 aromatic heterocycles. The lowest BCUT2D eigenvalue weighted by Gasteiger charge is -2.37. The van der Waals surface area contributed by atoms with Crippen molar-refractivity contribution in [3.63, 3.8) is 0 Å². The largest absolute Gasteiger partial charge is 0.476 e. The third kappa shape index (κ3) is 5.77. The second-order valence-corrected chi connectivity index (χ2v) is 11.3. The Morgan fingerprint density at radius 3 is 2.47 bits per heavy atom. The lowest BCUT2D eigenvalue weighted by atomic mass is 10.0. The van der Waals surface area contributed by atoms with E-state index in [1.54, 1.807) is 23.0 Å². The molecule has 1 amide bonds. The molecule has 13 heteroatoms. The Kier molecular flexibility index (Phi) is 7.43. The van der Waals surface area contributed by atoms with Gasteiger partial charge in [0.05, 0.1) is 16.2 Å². The molecule has 0 bridgehead atoms. The molecule has 1 N–H and O–H groups in total. The number of anilines is 1. The number of amides is 1. The molecule has 0 aliphatic heterocycles. The van der Waals surface area contributed by atoms with E-state index in [4.69, 9.17) is 9.72 Å². The van der Waals surface area contributed by atoms with Crippen molar-refractivity contribution in [2.45, 2.75) is 64.1 Å².